The maximum Gasteiger partial charge on any atom is 0.253 e. The Balaban J connectivity index is 0.00000264. The van der Waals surface area contributed by atoms with Gasteiger partial charge in [-0.15, -0.1) is 12.4 Å². The summed E-state index contributed by atoms with van der Waals surface area (Å²) < 4.78 is 0. The van der Waals surface area contributed by atoms with Crippen LogP contribution in [-0.4, -0.2) is 36.3 Å². The lowest BCUT2D eigenvalue weighted by Crippen LogP contribution is -2.37. The Labute approximate surface area is 144 Å². The SMILES string of the molecule is CC1CCN(C(=O)c2ccc(NC(=O)C(C)CN)cc2)CC1.Cl. The molecular weight excluding hydrogens is 314 g/mol. The van der Waals surface area contributed by atoms with E-state index in [1.807, 2.05) is 4.90 Å². The van der Waals surface area contributed by atoms with Crippen molar-refractivity contribution in [2.24, 2.45) is 17.6 Å². The van der Waals surface area contributed by atoms with Crippen LogP contribution in [0.3, 0.4) is 0 Å². The highest BCUT2D eigenvalue weighted by Crippen LogP contribution is 2.19. The molecule has 23 heavy (non-hydrogen) atoms. The van der Waals surface area contributed by atoms with Crippen LogP contribution in [0.15, 0.2) is 24.3 Å². The Bertz CT molecular complexity index is 525. The van der Waals surface area contributed by atoms with Crippen LogP contribution in [0.5, 0.6) is 0 Å². The molecule has 1 aromatic rings. The van der Waals surface area contributed by atoms with Gasteiger partial charge < -0.3 is 16.0 Å². The number of carbonyl (C=O) groups is 2. The van der Waals surface area contributed by atoms with Crippen LogP contribution in [0.2, 0.25) is 0 Å². The maximum atomic E-state index is 12.4. The van der Waals surface area contributed by atoms with Crippen molar-refractivity contribution in [1.29, 1.82) is 0 Å². The molecule has 1 aromatic carbocycles. The number of hydrogen-bond donors (Lipinski definition) is 2. The first-order valence-corrected chi connectivity index (χ1v) is 7.91. The number of likely N-dealkylation sites (tertiary alicyclic amines) is 1. The highest BCUT2D eigenvalue weighted by molar-refractivity contribution is 5.96. The van der Waals surface area contributed by atoms with E-state index in [0.717, 1.165) is 25.9 Å². The molecule has 1 aliphatic rings. The van der Waals surface area contributed by atoms with Gasteiger partial charge in [0.2, 0.25) is 5.91 Å². The van der Waals surface area contributed by atoms with Crippen LogP contribution in [0.1, 0.15) is 37.0 Å². The molecule has 1 saturated heterocycles. The topological polar surface area (TPSA) is 75.4 Å². The molecule has 0 aromatic heterocycles. The quantitative estimate of drug-likeness (QED) is 0.885. The summed E-state index contributed by atoms with van der Waals surface area (Å²) in [6.45, 7) is 5.97. The van der Waals surface area contributed by atoms with E-state index in [1.165, 1.54) is 0 Å². The predicted octanol–water partition coefficient (Wildman–Crippen LogP) is 2.51. The Morgan fingerprint density at radius 2 is 1.83 bits per heavy atom. The number of rotatable bonds is 4. The van der Waals surface area contributed by atoms with Crippen molar-refractivity contribution in [3.63, 3.8) is 0 Å². The van der Waals surface area contributed by atoms with Gasteiger partial charge in [0.25, 0.3) is 5.91 Å². The normalized spacial score (nSPS) is 16.4. The largest absolute Gasteiger partial charge is 0.339 e. The second-order valence-corrected chi connectivity index (χ2v) is 6.18. The van der Waals surface area contributed by atoms with E-state index < -0.39 is 0 Å². The lowest BCUT2D eigenvalue weighted by atomic mass is 9.98. The number of anilines is 1. The van der Waals surface area contributed by atoms with Gasteiger partial charge in [0.15, 0.2) is 0 Å². The smallest absolute Gasteiger partial charge is 0.253 e. The van der Waals surface area contributed by atoms with Gasteiger partial charge >= 0.3 is 0 Å². The van der Waals surface area contributed by atoms with Crippen molar-refractivity contribution in [3.8, 4) is 0 Å². The third-order valence-electron chi connectivity index (χ3n) is 4.27. The highest BCUT2D eigenvalue weighted by atomic mass is 35.5. The van der Waals surface area contributed by atoms with E-state index in [0.29, 0.717) is 23.7 Å². The van der Waals surface area contributed by atoms with Crippen LogP contribution >= 0.6 is 12.4 Å². The van der Waals surface area contributed by atoms with Gasteiger partial charge in [-0.3, -0.25) is 9.59 Å². The summed E-state index contributed by atoms with van der Waals surface area (Å²) in [5, 5.41) is 2.80. The molecule has 6 heteroatoms. The van der Waals surface area contributed by atoms with E-state index in [1.54, 1.807) is 31.2 Å². The first-order valence-electron chi connectivity index (χ1n) is 7.91. The fourth-order valence-corrected chi connectivity index (χ4v) is 2.46. The van der Waals surface area contributed by atoms with Gasteiger partial charge in [0.05, 0.1) is 0 Å². The predicted molar refractivity (Wildman–Crippen MR) is 94.8 cm³/mol. The zero-order chi connectivity index (χ0) is 16.1. The summed E-state index contributed by atoms with van der Waals surface area (Å²) in [5.41, 5.74) is 6.83. The van der Waals surface area contributed by atoms with E-state index >= 15 is 0 Å². The fraction of sp³-hybridized carbons (Fsp3) is 0.529. The molecule has 0 saturated carbocycles. The summed E-state index contributed by atoms with van der Waals surface area (Å²) in [5.74, 6) is 0.439. The summed E-state index contributed by atoms with van der Waals surface area (Å²) >= 11 is 0. The van der Waals surface area contributed by atoms with Crippen LogP contribution in [0.4, 0.5) is 5.69 Å². The van der Waals surface area contributed by atoms with Crippen LogP contribution in [0, 0.1) is 11.8 Å². The first kappa shape index (κ1) is 19.5. The molecule has 1 atom stereocenters. The molecule has 1 aliphatic heterocycles. The minimum Gasteiger partial charge on any atom is -0.339 e. The van der Waals surface area contributed by atoms with Gasteiger partial charge in [-0.2, -0.15) is 0 Å². The number of halogens is 1. The lowest BCUT2D eigenvalue weighted by Gasteiger charge is -2.30. The third kappa shape index (κ3) is 5.22. The van der Waals surface area contributed by atoms with Crippen molar-refractivity contribution in [2.75, 3.05) is 25.0 Å². The molecule has 0 radical (unpaired) electrons. The van der Waals surface area contributed by atoms with Gasteiger partial charge in [-0.25, -0.2) is 0 Å². The van der Waals surface area contributed by atoms with E-state index in [4.69, 9.17) is 5.73 Å². The van der Waals surface area contributed by atoms with Crippen LogP contribution in [-0.2, 0) is 4.79 Å². The molecule has 1 heterocycles. The molecule has 1 fully saturated rings. The summed E-state index contributed by atoms with van der Waals surface area (Å²) in [6, 6.07) is 7.06. The molecule has 2 rings (SSSR count). The Morgan fingerprint density at radius 3 is 2.35 bits per heavy atom. The maximum absolute atomic E-state index is 12.4. The average molecular weight is 340 g/mol. The number of benzene rings is 1. The standard InChI is InChI=1S/C17H25N3O2.ClH/c1-12-7-9-20(10-8-12)17(22)14-3-5-15(6-4-14)19-16(21)13(2)11-18;/h3-6,12-13H,7-11,18H2,1-2H3,(H,19,21);1H. The number of nitrogens with one attached hydrogen (secondary N) is 1. The van der Waals surface area contributed by atoms with E-state index in [2.05, 4.69) is 12.2 Å². The molecule has 5 nitrogen and oxygen atoms in total. The molecular formula is C17H26ClN3O2. The number of amides is 2. The molecule has 128 valence electrons. The van der Waals surface area contributed by atoms with Crippen molar-refractivity contribution in [1.82, 2.24) is 4.90 Å². The minimum atomic E-state index is -0.225. The number of nitrogens with zero attached hydrogens (tertiary/aromatic N) is 1. The molecule has 2 amide bonds. The number of piperidine rings is 1. The number of hydrogen-bond acceptors (Lipinski definition) is 3. The van der Waals surface area contributed by atoms with E-state index in [-0.39, 0.29) is 30.1 Å². The summed E-state index contributed by atoms with van der Waals surface area (Å²) in [6.07, 6.45) is 2.13. The number of carbonyl (C=O) groups excluding carboxylic acids is 2. The fourth-order valence-electron chi connectivity index (χ4n) is 2.46. The summed E-state index contributed by atoms with van der Waals surface area (Å²) in [7, 11) is 0. The Kier molecular flexibility index (Phi) is 7.52. The zero-order valence-corrected chi connectivity index (χ0v) is 14.6. The molecule has 3 N–H and O–H groups in total. The van der Waals surface area contributed by atoms with Crippen LogP contribution < -0.4 is 11.1 Å². The Hall–Kier alpha value is -1.59. The van der Waals surface area contributed by atoms with Gasteiger partial charge in [0, 0.05) is 36.8 Å². The van der Waals surface area contributed by atoms with E-state index in [9.17, 15) is 9.59 Å². The first-order chi connectivity index (χ1) is 10.5. The molecule has 1 unspecified atom stereocenters. The second-order valence-electron chi connectivity index (χ2n) is 6.18. The van der Waals surface area contributed by atoms with Crippen molar-refractivity contribution in [2.45, 2.75) is 26.7 Å². The number of nitrogens with two attached hydrogens (primary N) is 1. The van der Waals surface area contributed by atoms with Gasteiger partial charge in [-0.1, -0.05) is 13.8 Å². The summed E-state index contributed by atoms with van der Waals surface area (Å²) in [4.78, 5) is 26.1. The van der Waals surface area contributed by atoms with Crippen molar-refractivity contribution < 1.29 is 9.59 Å². The highest BCUT2D eigenvalue weighted by Gasteiger charge is 2.21. The molecule has 0 spiro atoms. The minimum absolute atomic E-state index is 0. The second kappa shape index (κ2) is 8.89. The van der Waals surface area contributed by atoms with Gasteiger partial charge in [-0.05, 0) is 43.0 Å². The molecule has 0 bridgehead atoms. The third-order valence-corrected chi connectivity index (χ3v) is 4.27. The monoisotopic (exact) mass is 339 g/mol. The average Bonchev–Trinajstić information content (AvgIpc) is 2.54. The van der Waals surface area contributed by atoms with Crippen LogP contribution in [0.25, 0.3) is 0 Å². The molecule has 0 aliphatic carbocycles. The zero-order valence-electron chi connectivity index (χ0n) is 13.7. The van der Waals surface area contributed by atoms with Crippen molar-refractivity contribution in [3.05, 3.63) is 29.8 Å². The van der Waals surface area contributed by atoms with Gasteiger partial charge in [0.1, 0.15) is 0 Å². The Morgan fingerprint density at radius 1 is 1.26 bits per heavy atom. The lowest BCUT2D eigenvalue weighted by molar-refractivity contribution is -0.119. The van der Waals surface area contributed by atoms with Crippen molar-refractivity contribution >= 4 is 29.9 Å².